The lowest BCUT2D eigenvalue weighted by molar-refractivity contribution is -0.147. The molecule has 0 spiro atoms. The van der Waals surface area contributed by atoms with Crippen LogP contribution in [-0.2, 0) is 19.1 Å². The summed E-state index contributed by atoms with van der Waals surface area (Å²) in [5.41, 5.74) is 2.05. The van der Waals surface area contributed by atoms with Crippen LogP contribution >= 0.6 is 11.6 Å². The van der Waals surface area contributed by atoms with Crippen LogP contribution in [0.4, 0.5) is 0 Å². The van der Waals surface area contributed by atoms with Gasteiger partial charge in [0, 0.05) is 24.6 Å². The summed E-state index contributed by atoms with van der Waals surface area (Å²) < 4.78 is 10.2. The number of allylic oxidation sites excluding steroid dienone is 2. The number of carbonyl (C=O) groups is 2. The van der Waals surface area contributed by atoms with Crippen LogP contribution in [0, 0.1) is 5.92 Å². The van der Waals surface area contributed by atoms with E-state index >= 15 is 0 Å². The predicted octanol–water partition coefficient (Wildman–Crippen LogP) is 6.23. The quantitative estimate of drug-likeness (QED) is 0.157. The molecule has 0 heterocycles. The monoisotopic (exact) mass is 478 g/mol. The third-order valence-corrected chi connectivity index (χ3v) is 6.93. The Labute approximate surface area is 203 Å². The van der Waals surface area contributed by atoms with E-state index < -0.39 is 6.10 Å². The van der Waals surface area contributed by atoms with Gasteiger partial charge in [-0.2, -0.15) is 0 Å². The number of halogens is 1. The fourth-order valence-corrected chi connectivity index (χ4v) is 5.11. The number of unbranched alkanes of at least 4 members (excludes halogenated alkanes) is 3. The summed E-state index contributed by atoms with van der Waals surface area (Å²) in [7, 11) is 1.40. The van der Waals surface area contributed by atoms with E-state index in [1.54, 1.807) is 0 Å². The van der Waals surface area contributed by atoms with Crippen LogP contribution in [0.2, 0.25) is 0 Å². The molecule has 0 aromatic heterocycles. The number of hydrogen-bond donors (Lipinski definition) is 1. The first kappa shape index (κ1) is 27.4. The zero-order valence-corrected chi connectivity index (χ0v) is 20.9. The van der Waals surface area contributed by atoms with E-state index in [4.69, 9.17) is 16.3 Å². The third kappa shape index (κ3) is 8.78. The first-order chi connectivity index (χ1) is 15.9. The molecule has 1 unspecified atom stereocenters. The summed E-state index contributed by atoms with van der Waals surface area (Å²) in [6, 6.07) is 8.12. The van der Waals surface area contributed by atoms with Crippen molar-refractivity contribution in [1.82, 2.24) is 0 Å². The summed E-state index contributed by atoms with van der Waals surface area (Å²) >= 11 is 6.62. The fraction of sp³-hybridized carbons (Fsp3) is 0.630. The van der Waals surface area contributed by atoms with Crippen LogP contribution < -0.4 is 0 Å². The molecule has 1 N–H and O–H groups in total. The van der Waals surface area contributed by atoms with Crippen molar-refractivity contribution >= 4 is 23.5 Å². The highest BCUT2D eigenvalue weighted by atomic mass is 35.5. The molecule has 1 aromatic carbocycles. The van der Waals surface area contributed by atoms with Crippen LogP contribution in [0.5, 0.6) is 0 Å². The van der Waals surface area contributed by atoms with Crippen LogP contribution in [0.15, 0.2) is 36.4 Å². The zero-order chi connectivity index (χ0) is 24.2. The van der Waals surface area contributed by atoms with Crippen molar-refractivity contribution in [3.05, 3.63) is 47.5 Å². The minimum Gasteiger partial charge on any atom is -0.469 e. The van der Waals surface area contributed by atoms with E-state index in [1.165, 1.54) is 14.0 Å². The highest BCUT2D eigenvalue weighted by Crippen LogP contribution is 2.45. The number of esters is 2. The Morgan fingerprint density at radius 2 is 1.91 bits per heavy atom. The van der Waals surface area contributed by atoms with E-state index in [-0.39, 0.29) is 35.3 Å². The summed E-state index contributed by atoms with van der Waals surface area (Å²) in [5, 5.41) is 10.6. The lowest BCUT2D eigenvalue weighted by Crippen LogP contribution is -2.18. The number of carbonyl (C=O) groups excluding carboxylic acids is 2. The van der Waals surface area contributed by atoms with Gasteiger partial charge in [-0.15, -0.1) is 11.6 Å². The number of aliphatic hydroxyl groups excluding tert-OH is 1. The van der Waals surface area contributed by atoms with E-state index in [0.29, 0.717) is 12.8 Å². The maximum absolute atomic E-state index is 11.6. The van der Waals surface area contributed by atoms with E-state index in [2.05, 4.69) is 23.8 Å². The van der Waals surface area contributed by atoms with Gasteiger partial charge in [-0.25, -0.2) is 0 Å². The van der Waals surface area contributed by atoms with Gasteiger partial charge in [0.25, 0.3) is 0 Å². The summed E-state index contributed by atoms with van der Waals surface area (Å²) in [4.78, 5) is 22.8. The Bertz CT molecular complexity index is 760. The van der Waals surface area contributed by atoms with Gasteiger partial charge in [-0.1, -0.05) is 56.2 Å². The highest BCUT2D eigenvalue weighted by molar-refractivity contribution is 6.21. The summed E-state index contributed by atoms with van der Waals surface area (Å²) in [6.07, 6.45) is 10.9. The molecular weight excluding hydrogens is 440 g/mol. The van der Waals surface area contributed by atoms with Crippen LogP contribution in [-0.4, -0.2) is 35.6 Å². The molecule has 1 aliphatic rings. The van der Waals surface area contributed by atoms with Crippen molar-refractivity contribution in [3.63, 3.8) is 0 Å². The molecule has 0 saturated heterocycles. The van der Waals surface area contributed by atoms with Crippen molar-refractivity contribution in [3.8, 4) is 0 Å². The predicted molar refractivity (Wildman–Crippen MR) is 131 cm³/mol. The summed E-state index contributed by atoms with van der Waals surface area (Å²) in [6.45, 7) is 3.60. The second-order valence-corrected chi connectivity index (χ2v) is 9.51. The SMILES string of the molecule is CCCCCC(OC(C)=O)c1ccc([C@@H]2[C@@H](C/C=C\CCCC(=O)OC)[C@H](Cl)C[C@@H]2O)cc1. The third-order valence-electron chi connectivity index (χ3n) is 6.43. The molecule has 184 valence electrons. The Balaban J connectivity index is 2.03. The van der Waals surface area contributed by atoms with Gasteiger partial charge in [0.1, 0.15) is 6.10 Å². The topological polar surface area (TPSA) is 72.8 Å². The average molecular weight is 479 g/mol. The molecule has 5 nitrogen and oxygen atoms in total. The van der Waals surface area contributed by atoms with Crippen LogP contribution in [0.3, 0.4) is 0 Å². The molecule has 0 bridgehead atoms. The molecule has 1 aliphatic carbocycles. The first-order valence-corrected chi connectivity index (χ1v) is 12.6. The van der Waals surface area contributed by atoms with E-state index in [9.17, 15) is 14.7 Å². The van der Waals surface area contributed by atoms with Gasteiger partial charge in [-0.05, 0) is 55.6 Å². The molecule has 1 fully saturated rings. The Morgan fingerprint density at radius 3 is 2.55 bits per heavy atom. The van der Waals surface area contributed by atoms with Gasteiger partial charge in [0.05, 0.1) is 13.2 Å². The minimum atomic E-state index is -0.482. The first-order valence-electron chi connectivity index (χ1n) is 12.2. The second kappa shape index (κ2) is 14.4. The Kier molecular flexibility index (Phi) is 12.0. The second-order valence-electron chi connectivity index (χ2n) is 8.94. The number of rotatable bonds is 13. The van der Waals surface area contributed by atoms with E-state index in [0.717, 1.165) is 56.1 Å². The van der Waals surface area contributed by atoms with Crippen molar-refractivity contribution < 1.29 is 24.2 Å². The maximum Gasteiger partial charge on any atom is 0.305 e. The van der Waals surface area contributed by atoms with Crippen molar-refractivity contribution in [2.24, 2.45) is 5.92 Å². The number of alkyl halides is 1. The van der Waals surface area contributed by atoms with Gasteiger partial charge >= 0.3 is 11.9 Å². The minimum absolute atomic E-state index is 0.0338. The molecule has 0 radical (unpaired) electrons. The Hall–Kier alpha value is -1.85. The van der Waals surface area contributed by atoms with E-state index in [1.807, 2.05) is 24.3 Å². The molecule has 0 amide bonds. The lowest BCUT2D eigenvalue weighted by Gasteiger charge is -2.24. The molecule has 2 rings (SSSR count). The largest absolute Gasteiger partial charge is 0.469 e. The number of aliphatic hydroxyl groups is 1. The number of benzene rings is 1. The van der Waals surface area contributed by atoms with Crippen molar-refractivity contribution in [1.29, 1.82) is 0 Å². The Morgan fingerprint density at radius 1 is 1.18 bits per heavy atom. The maximum atomic E-state index is 11.6. The zero-order valence-electron chi connectivity index (χ0n) is 20.2. The van der Waals surface area contributed by atoms with Crippen LogP contribution in [0.1, 0.15) is 94.8 Å². The molecule has 1 aromatic rings. The average Bonchev–Trinajstić information content (AvgIpc) is 3.07. The summed E-state index contributed by atoms with van der Waals surface area (Å²) in [5.74, 6) is -0.352. The van der Waals surface area contributed by atoms with Crippen molar-refractivity contribution in [2.75, 3.05) is 7.11 Å². The molecular formula is C27H39ClO5. The standard InChI is InChI=1S/C27H39ClO5/c1-4-5-8-12-25(33-19(2)29)20-14-16-21(17-15-20)27-22(23(28)18-24(27)30)11-9-6-7-10-13-26(31)32-3/h6,9,14-17,22-25,27,30H,4-5,7-8,10-13,18H2,1-3H3/b9-6-/t22-,23+,24-,25?,27+/m0/s1. The normalized spacial score (nSPS) is 23.5. The molecule has 33 heavy (non-hydrogen) atoms. The number of hydrogen-bond acceptors (Lipinski definition) is 5. The van der Waals surface area contributed by atoms with Gasteiger partial charge in [0.15, 0.2) is 0 Å². The lowest BCUT2D eigenvalue weighted by atomic mass is 9.84. The number of ether oxygens (including phenoxy) is 2. The molecule has 0 aliphatic heterocycles. The van der Waals surface area contributed by atoms with Crippen LogP contribution in [0.25, 0.3) is 0 Å². The highest BCUT2D eigenvalue weighted by Gasteiger charge is 2.41. The molecule has 1 saturated carbocycles. The number of methoxy groups -OCH3 is 1. The van der Waals surface area contributed by atoms with Crippen molar-refractivity contribution in [2.45, 2.75) is 95.1 Å². The van der Waals surface area contributed by atoms with Gasteiger partial charge in [0.2, 0.25) is 0 Å². The smallest absolute Gasteiger partial charge is 0.305 e. The molecule has 5 atom stereocenters. The molecule has 6 heteroatoms. The van der Waals surface area contributed by atoms with Gasteiger partial charge in [-0.3, -0.25) is 9.59 Å². The van der Waals surface area contributed by atoms with Gasteiger partial charge < -0.3 is 14.6 Å². The fourth-order valence-electron chi connectivity index (χ4n) is 4.67.